The maximum Gasteiger partial charge on any atom is 0.224 e. The molecule has 5 nitrogen and oxygen atoms in total. The van der Waals surface area contributed by atoms with E-state index >= 15 is 0 Å². The molecular formula is C14H19ClN4O. The minimum atomic E-state index is -0.0552. The van der Waals surface area contributed by atoms with Crippen molar-refractivity contribution in [1.29, 1.82) is 5.26 Å². The summed E-state index contributed by atoms with van der Waals surface area (Å²) in [4.78, 5) is 13.8. The van der Waals surface area contributed by atoms with Crippen LogP contribution in [0.2, 0.25) is 5.02 Å². The van der Waals surface area contributed by atoms with Gasteiger partial charge in [0.25, 0.3) is 0 Å². The number of carbonyl (C=O) groups is 1. The van der Waals surface area contributed by atoms with Crippen LogP contribution in [0.5, 0.6) is 0 Å². The molecule has 0 aromatic heterocycles. The highest BCUT2D eigenvalue weighted by molar-refractivity contribution is 6.33. The standard InChI is InChI=1S/C14H19ClN4O/c1-19(9-3-7-16)8-2-4-14(20)18-11-5-6-12(15)13(17)10-11/h5-6,10H,2-4,8-9,17H2,1H3,(H,18,20). The lowest BCUT2D eigenvalue weighted by atomic mass is 10.2. The van der Waals surface area contributed by atoms with Crippen LogP contribution in [0.25, 0.3) is 0 Å². The lowest BCUT2D eigenvalue weighted by molar-refractivity contribution is -0.116. The van der Waals surface area contributed by atoms with Crippen LogP contribution in [0.15, 0.2) is 18.2 Å². The van der Waals surface area contributed by atoms with Crippen LogP contribution < -0.4 is 11.1 Å². The zero-order chi connectivity index (χ0) is 15.0. The molecule has 1 amide bonds. The van der Waals surface area contributed by atoms with Crippen LogP contribution in [0, 0.1) is 11.3 Å². The maximum absolute atomic E-state index is 11.7. The molecule has 3 N–H and O–H groups in total. The number of nitrogen functional groups attached to an aromatic ring is 1. The van der Waals surface area contributed by atoms with Gasteiger partial charge >= 0.3 is 0 Å². The highest BCUT2D eigenvalue weighted by atomic mass is 35.5. The molecule has 20 heavy (non-hydrogen) atoms. The van der Waals surface area contributed by atoms with Gasteiger partial charge in [0.1, 0.15) is 0 Å². The third kappa shape index (κ3) is 5.91. The number of nitriles is 1. The molecule has 0 aliphatic heterocycles. The van der Waals surface area contributed by atoms with Crippen molar-refractivity contribution in [3.63, 3.8) is 0 Å². The fourth-order valence-electron chi connectivity index (χ4n) is 1.71. The largest absolute Gasteiger partial charge is 0.397 e. The van der Waals surface area contributed by atoms with Gasteiger partial charge in [0.05, 0.1) is 16.8 Å². The third-order valence-corrected chi connectivity index (χ3v) is 3.17. The Bertz CT molecular complexity index is 498. The van der Waals surface area contributed by atoms with E-state index in [1.165, 1.54) is 0 Å². The Balaban J connectivity index is 2.30. The lowest BCUT2D eigenvalue weighted by Crippen LogP contribution is -2.22. The highest BCUT2D eigenvalue weighted by Crippen LogP contribution is 2.22. The van der Waals surface area contributed by atoms with Gasteiger partial charge in [-0.25, -0.2) is 0 Å². The van der Waals surface area contributed by atoms with Crippen molar-refractivity contribution in [2.75, 3.05) is 31.2 Å². The zero-order valence-corrected chi connectivity index (χ0v) is 12.3. The van der Waals surface area contributed by atoms with Gasteiger partial charge in [-0.15, -0.1) is 0 Å². The average Bonchev–Trinajstić information content (AvgIpc) is 2.40. The predicted molar refractivity (Wildman–Crippen MR) is 81.5 cm³/mol. The monoisotopic (exact) mass is 294 g/mol. The number of rotatable bonds is 7. The van der Waals surface area contributed by atoms with E-state index in [9.17, 15) is 4.79 Å². The van der Waals surface area contributed by atoms with Gasteiger partial charge in [-0.2, -0.15) is 5.26 Å². The Kier molecular flexibility index (Phi) is 6.85. The second-order valence-electron chi connectivity index (χ2n) is 4.60. The van der Waals surface area contributed by atoms with Gasteiger partial charge in [-0.05, 0) is 38.2 Å². The molecule has 0 heterocycles. The van der Waals surface area contributed by atoms with Crippen molar-refractivity contribution in [1.82, 2.24) is 4.90 Å². The molecule has 1 rings (SSSR count). The summed E-state index contributed by atoms with van der Waals surface area (Å²) >= 11 is 5.81. The Morgan fingerprint density at radius 2 is 2.25 bits per heavy atom. The number of nitrogens with zero attached hydrogens (tertiary/aromatic N) is 2. The summed E-state index contributed by atoms with van der Waals surface area (Å²) in [7, 11) is 1.94. The van der Waals surface area contributed by atoms with E-state index in [1.807, 2.05) is 11.9 Å². The minimum absolute atomic E-state index is 0.0552. The Labute approximate surface area is 124 Å². The van der Waals surface area contributed by atoms with Crippen LogP contribution in [0.4, 0.5) is 11.4 Å². The van der Waals surface area contributed by atoms with Gasteiger partial charge in [0.2, 0.25) is 5.91 Å². The molecule has 0 radical (unpaired) electrons. The molecule has 1 aromatic carbocycles. The van der Waals surface area contributed by atoms with E-state index in [0.717, 1.165) is 19.5 Å². The molecule has 0 aliphatic carbocycles. The minimum Gasteiger partial charge on any atom is -0.397 e. The molecule has 6 heteroatoms. The SMILES string of the molecule is CN(CCC#N)CCCC(=O)Nc1ccc(Cl)c(N)c1. The first-order valence-electron chi connectivity index (χ1n) is 6.43. The van der Waals surface area contributed by atoms with Crippen LogP contribution in [-0.2, 0) is 4.79 Å². The second-order valence-corrected chi connectivity index (χ2v) is 5.01. The van der Waals surface area contributed by atoms with E-state index in [4.69, 9.17) is 22.6 Å². The smallest absolute Gasteiger partial charge is 0.224 e. The van der Waals surface area contributed by atoms with Crippen LogP contribution in [-0.4, -0.2) is 30.9 Å². The topological polar surface area (TPSA) is 82.2 Å². The fraction of sp³-hybridized carbons (Fsp3) is 0.429. The normalized spacial score (nSPS) is 10.3. The molecule has 0 fully saturated rings. The fourth-order valence-corrected chi connectivity index (χ4v) is 1.82. The first-order valence-corrected chi connectivity index (χ1v) is 6.81. The molecule has 0 saturated heterocycles. The van der Waals surface area contributed by atoms with Gasteiger partial charge in [-0.1, -0.05) is 11.6 Å². The Morgan fingerprint density at radius 3 is 2.90 bits per heavy atom. The van der Waals surface area contributed by atoms with E-state index < -0.39 is 0 Å². The molecule has 1 aromatic rings. The van der Waals surface area contributed by atoms with Crippen molar-refractivity contribution >= 4 is 28.9 Å². The highest BCUT2D eigenvalue weighted by Gasteiger charge is 2.05. The van der Waals surface area contributed by atoms with Crippen molar-refractivity contribution in [2.24, 2.45) is 0 Å². The number of anilines is 2. The number of nitrogens with one attached hydrogen (secondary N) is 1. The van der Waals surface area contributed by atoms with Crippen molar-refractivity contribution in [3.05, 3.63) is 23.2 Å². The number of carbonyl (C=O) groups excluding carboxylic acids is 1. The number of amides is 1. The molecule has 0 unspecified atom stereocenters. The summed E-state index contributed by atoms with van der Waals surface area (Å²) in [5.74, 6) is -0.0552. The first-order chi connectivity index (χ1) is 9.52. The number of benzene rings is 1. The third-order valence-electron chi connectivity index (χ3n) is 2.83. The molecule has 0 bridgehead atoms. The molecule has 0 spiro atoms. The summed E-state index contributed by atoms with van der Waals surface area (Å²) in [5, 5.41) is 11.7. The Hall–Kier alpha value is -1.77. The summed E-state index contributed by atoms with van der Waals surface area (Å²) in [6, 6.07) is 7.11. The van der Waals surface area contributed by atoms with Gasteiger partial charge in [-0.3, -0.25) is 4.79 Å². The predicted octanol–water partition coefficient (Wildman–Crippen LogP) is 2.49. The van der Waals surface area contributed by atoms with E-state index in [2.05, 4.69) is 11.4 Å². The van der Waals surface area contributed by atoms with E-state index in [1.54, 1.807) is 18.2 Å². The summed E-state index contributed by atoms with van der Waals surface area (Å²) in [5.41, 5.74) is 6.76. The van der Waals surface area contributed by atoms with Crippen LogP contribution in [0.3, 0.4) is 0 Å². The number of hydrogen-bond donors (Lipinski definition) is 2. The number of nitrogens with two attached hydrogens (primary N) is 1. The molecule has 108 valence electrons. The first kappa shape index (κ1) is 16.3. The lowest BCUT2D eigenvalue weighted by Gasteiger charge is -2.14. The number of hydrogen-bond acceptors (Lipinski definition) is 4. The van der Waals surface area contributed by atoms with E-state index in [-0.39, 0.29) is 5.91 Å². The molecule has 0 atom stereocenters. The van der Waals surface area contributed by atoms with Gasteiger partial charge in [0.15, 0.2) is 0 Å². The average molecular weight is 295 g/mol. The molecule has 0 saturated carbocycles. The van der Waals surface area contributed by atoms with Crippen molar-refractivity contribution in [2.45, 2.75) is 19.3 Å². The Morgan fingerprint density at radius 1 is 1.50 bits per heavy atom. The second kappa shape index (κ2) is 8.41. The van der Waals surface area contributed by atoms with Crippen molar-refractivity contribution in [3.8, 4) is 6.07 Å². The van der Waals surface area contributed by atoms with Crippen LogP contribution >= 0.6 is 11.6 Å². The van der Waals surface area contributed by atoms with E-state index in [0.29, 0.717) is 29.2 Å². The maximum atomic E-state index is 11.7. The molecular weight excluding hydrogens is 276 g/mol. The summed E-state index contributed by atoms with van der Waals surface area (Å²) in [6.07, 6.45) is 1.68. The molecule has 0 aliphatic rings. The summed E-state index contributed by atoms with van der Waals surface area (Å²) in [6.45, 7) is 1.52. The van der Waals surface area contributed by atoms with Gasteiger partial charge in [0, 0.05) is 25.1 Å². The zero-order valence-electron chi connectivity index (χ0n) is 11.5. The van der Waals surface area contributed by atoms with Gasteiger partial charge < -0.3 is 16.0 Å². The van der Waals surface area contributed by atoms with Crippen molar-refractivity contribution < 1.29 is 4.79 Å². The van der Waals surface area contributed by atoms with Crippen LogP contribution in [0.1, 0.15) is 19.3 Å². The quantitative estimate of drug-likeness (QED) is 0.757. The summed E-state index contributed by atoms with van der Waals surface area (Å²) < 4.78 is 0. The number of halogens is 1.